The Balaban J connectivity index is 2.70. The molecule has 0 radical (unpaired) electrons. The predicted octanol–water partition coefficient (Wildman–Crippen LogP) is 0.0819. The molecule has 1 aromatic rings. The molecule has 0 aromatic carbocycles. The summed E-state index contributed by atoms with van der Waals surface area (Å²) in [5.41, 5.74) is -0.235. The zero-order valence-corrected chi connectivity index (χ0v) is 6.36. The quantitative estimate of drug-likeness (QED) is 0.619. The molecule has 0 saturated carbocycles. The zero-order valence-electron chi connectivity index (χ0n) is 6.36. The van der Waals surface area contributed by atoms with Crippen LogP contribution in [0.25, 0.3) is 0 Å². The lowest BCUT2D eigenvalue weighted by atomic mass is 10.5. The van der Waals surface area contributed by atoms with E-state index in [-0.39, 0.29) is 5.56 Å². The Morgan fingerprint density at radius 2 is 2.55 bits per heavy atom. The third-order valence-electron chi connectivity index (χ3n) is 1.10. The van der Waals surface area contributed by atoms with Gasteiger partial charge in [-0.3, -0.25) is 4.79 Å². The highest BCUT2D eigenvalue weighted by Crippen LogP contribution is 1.74. The van der Waals surface area contributed by atoms with Crippen LogP contribution < -0.4 is 10.4 Å². The lowest BCUT2D eigenvalue weighted by Crippen LogP contribution is -2.28. The summed E-state index contributed by atoms with van der Waals surface area (Å²) in [6, 6.07) is 2.98. The maximum Gasteiger partial charge on any atom is 0.303 e. The lowest BCUT2D eigenvalue weighted by Gasteiger charge is -2.02. The molecule has 0 N–H and O–H groups in total. The highest BCUT2D eigenvalue weighted by Gasteiger charge is 1.91. The molecular formula is C7H10N2O2. The van der Waals surface area contributed by atoms with Gasteiger partial charge in [-0.1, -0.05) is 11.8 Å². The Morgan fingerprint density at radius 1 is 1.73 bits per heavy atom. The molecule has 0 unspecified atom stereocenters. The van der Waals surface area contributed by atoms with Crippen molar-refractivity contribution in [3.63, 3.8) is 0 Å². The van der Waals surface area contributed by atoms with Gasteiger partial charge in [0.05, 0.1) is 6.20 Å². The Morgan fingerprint density at radius 3 is 3.18 bits per heavy atom. The largest absolute Gasteiger partial charge is 0.394 e. The van der Waals surface area contributed by atoms with Crippen LogP contribution in [0, 0.1) is 0 Å². The van der Waals surface area contributed by atoms with Crippen molar-refractivity contribution >= 4 is 0 Å². The Bertz CT molecular complexity index is 269. The summed E-state index contributed by atoms with van der Waals surface area (Å²) in [5.74, 6) is 0. The third-order valence-corrected chi connectivity index (χ3v) is 1.10. The van der Waals surface area contributed by atoms with Gasteiger partial charge < -0.3 is 4.84 Å². The summed E-state index contributed by atoms with van der Waals surface area (Å²) < 4.78 is 0. The molecule has 0 aliphatic heterocycles. The molecule has 1 aromatic heterocycles. The molecule has 0 aliphatic rings. The second-order valence-electron chi connectivity index (χ2n) is 2.07. The van der Waals surface area contributed by atoms with Crippen molar-refractivity contribution < 1.29 is 4.84 Å². The maximum absolute atomic E-state index is 10.9. The van der Waals surface area contributed by atoms with Gasteiger partial charge in [0.25, 0.3) is 0 Å². The topological polar surface area (TPSA) is 44.1 Å². The van der Waals surface area contributed by atoms with Crippen LogP contribution >= 0.6 is 0 Å². The Kier molecular flexibility index (Phi) is 2.66. The fourth-order valence-electron chi connectivity index (χ4n) is 0.620. The molecule has 4 heteroatoms. The van der Waals surface area contributed by atoms with Crippen molar-refractivity contribution in [2.24, 2.45) is 0 Å². The van der Waals surface area contributed by atoms with Crippen LogP contribution in [-0.4, -0.2) is 16.6 Å². The van der Waals surface area contributed by atoms with Crippen LogP contribution in [-0.2, 0) is 0 Å². The number of aromatic nitrogens is 2. The first-order chi connectivity index (χ1) is 5.34. The number of nitrogens with zero attached hydrogens (tertiary/aromatic N) is 2. The highest BCUT2D eigenvalue weighted by molar-refractivity contribution is 4.83. The van der Waals surface area contributed by atoms with E-state index in [0.717, 1.165) is 11.3 Å². The summed E-state index contributed by atoms with van der Waals surface area (Å²) in [7, 11) is 0. The van der Waals surface area contributed by atoms with Gasteiger partial charge in [-0.25, -0.2) is 0 Å². The molecule has 1 rings (SSSR count). The van der Waals surface area contributed by atoms with E-state index in [1.807, 2.05) is 6.92 Å². The Labute approximate surface area is 64.4 Å². The molecule has 0 spiro atoms. The minimum absolute atomic E-state index is 0.235. The summed E-state index contributed by atoms with van der Waals surface area (Å²) in [6.07, 6.45) is 2.38. The molecule has 0 aliphatic carbocycles. The van der Waals surface area contributed by atoms with Crippen LogP contribution in [0.3, 0.4) is 0 Å². The monoisotopic (exact) mass is 154 g/mol. The molecular weight excluding hydrogens is 144 g/mol. The summed E-state index contributed by atoms with van der Waals surface area (Å²) in [6.45, 7) is 2.48. The van der Waals surface area contributed by atoms with Crippen molar-refractivity contribution in [1.82, 2.24) is 9.94 Å². The third kappa shape index (κ3) is 2.07. The van der Waals surface area contributed by atoms with Crippen LogP contribution in [0.1, 0.15) is 13.3 Å². The molecule has 0 bridgehead atoms. The van der Waals surface area contributed by atoms with E-state index in [1.54, 1.807) is 6.07 Å². The van der Waals surface area contributed by atoms with Crippen molar-refractivity contribution in [3.05, 3.63) is 28.7 Å². The fraction of sp³-hybridized carbons (Fsp3) is 0.429. The van der Waals surface area contributed by atoms with E-state index in [0.29, 0.717) is 6.61 Å². The summed E-state index contributed by atoms with van der Waals surface area (Å²) in [5, 5.41) is 3.70. The number of hydrogen-bond acceptors (Lipinski definition) is 3. The van der Waals surface area contributed by atoms with Crippen LogP contribution in [0.2, 0.25) is 0 Å². The van der Waals surface area contributed by atoms with Crippen LogP contribution in [0.4, 0.5) is 0 Å². The molecule has 0 fully saturated rings. The van der Waals surface area contributed by atoms with Gasteiger partial charge in [0, 0.05) is 6.07 Å². The van der Waals surface area contributed by atoms with Gasteiger partial charge in [0.2, 0.25) is 0 Å². The number of hydrogen-bond donors (Lipinski definition) is 0. The molecule has 0 amide bonds. The summed E-state index contributed by atoms with van der Waals surface area (Å²) in [4.78, 5) is 16.9. The van der Waals surface area contributed by atoms with Gasteiger partial charge in [-0.05, 0) is 12.5 Å². The molecule has 0 saturated heterocycles. The summed E-state index contributed by atoms with van der Waals surface area (Å²) >= 11 is 0. The molecule has 4 nitrogen and oxygen atoms in total. The van der Waals surface area contributed by atoms with E-state index in [4.69, 9.17) is 4.84 Å². The van der Waals surface area contributed by atoms with Gasteiger partial charge in [-0.15, -0.1) is 5.10 Å². The van der Waals surface area contributed by atoms with Gasteiger partial charge in [0.15, 0.2) is 0 Å². The van der Waals surface area contributed by atoms with Gasteiger partial charge in [-0.2, -0.15) is 0 Å². The zero-order chi connectivity index (χ0) is 8.10. The van der Waals surface area contributed by atoms with Crippen molar-refractivity contribution in [2.45, 2.75) is 13.3 Å². The minimum atomic E-state index is -0.235. The minimum Gasteiger partial charge on any atom is -0.394 e. The first-order valence-electron chi connectivity index (χ1n) is 3.52. The van der Waals surface area contributed by atoms with Crippen LogP contribution in [0.5, 0.6) is 0 Å². The van der Waals surface area contributed by atoms with Gasteiger partial charge in [0.1, 0.15) is 6.61 Å². The highest BCUT2D eigenvalue weighted by atomic mass is 16.7. The van der Waals surface area contributed by atoms with Crippen molar-refractivity contribution in [1.29, 1.82) is 0 Å². The Hall–Kier alpha value is -1.32. The maximum atomic E-state index is 10.9. The molecule has 0 atom stereocenters. The molecule has 11 heavy (non-hydrogen) atoms. The first kappa shape index (κ1) is 7.78. The fourth-order valence-corrected chi connectivity index (χ4v) is 0.620. The predicted molar refractivity (Wildman–Crippen MR) is 40.2 cm³/mol. The van der Waals surface area contributed by atoms with Crippen molar-refractivity contribution in [3.8, 4) is 0 Å². The van der Waals surface area contributed by atoms with Crippen LogP contribution in [0.15, 0.2) is 23.1 Å². The first-order valence-corrected chi connectivity index (χ1v) is 3.52. The van der Waals surface area contributed by atoms with E-state index in [2.05, 4.69) is 5.10 Å². The van der Waals surface area contributed by atoms with E-state index < -0.39 is 0 Å². The van der Waals surface area contributed by atoms with E-state index in [1.165, 1.54) is 12.3 Å². The van der Waals surface area contributed by atoms with Gasteiger partial charge >= 0.3 is 5.56 Å². The van der Waals surface area contributed by atoms with Crippen molar-refractivity contribution in [2.75, 3.05) is 6.61 Å². The smallest absolute Gasteiger partial charge is 0.303 e. The SMILES string of the molecule is CCCOn1ncccc1=O. The lowest BCUT2D eigenvalue weighted by molar-refractivity contribution is 0.0720. The average Bonchev–Trinajstić information content (AvgIpc) is 2.03. The molecule has 1 heterocycles. The average molecular weight is 154 g/mol. The normalized spacial score (nSPS) is 9.55. The second-order valence-corrected chi connectivity index (χ2v) is 2.07. The standard InChI is InChI=1S/C7H10N2O2/c1-2-6-11-9-7(10)4-3-5-8-9/h3-5H,2,6H2,1H3. The second kappa shape index (κ2) is 3.75. The van der Waals surface area contributed by atoms with E-state index >= 15 is 0 Å². The number of rotatable bonds is 3. The molecule has 60 valence electrons. The van der Waals surface area contributed by atoms with E-state index in [9.17, 15) is 4.79 Å².